The van der Waals surface area contributed by atoms with Crippen molar-refractivity contribution in [3.63, 3.8) is 0 Å². The first kappa shape index (κ1) is 15.5. The predicted molar refractivity (Wildman–Crippen MR) is 83.1 cm³/mol. The normalized spacial score (nSPS) is 16.3. The second kappa shape index (κ2) is 6.29. The van der Waals surface area contributed by atoms with E-state index < -0.39 is 11.5 Å². The Morgan fingerprint density at radius 2 is 1.90 bits per heavy atom. The van der Waals surface area contributed by atoms with Crippen molar-refractivity contribution in [2.24, 2.45) is 4.99 Å². The molecule has 0 bridgehead atoms. The molecule has 1 unspecified atom stereocenters. The van der Waals surface area contributed by atoms with Gasteiger partial charge in [-0.15, -0.1) is 0 Å². The fourth-order valence-electron chi connectivity index (χ4n) is 2.42. The van der Waals surface area contributed by atoms with Crippen molar-refractivity contribution in [3.05, 3.63) is 29.8 Å². The highest BCUT2D eigenvalue weighted by Gasteiger charge is 2.31. The zero-order chi connectivity index (χ0) is 15.5. The Morgan fingerprint density at radius 1 is 1.24 bits per heavy atom. The van der Waals surface area contributed by atoms with Crippen molar-refractivity contribution in [1.29, 1.82) is 0 Å². The number of ether oxygens (including phenoxy) is 2. The average Bonchev–Trinajstić information content (AvgIpc) is 2.91. The fraction of sp³-hybridized carbons (Fsp3) is 0.529. The van der Waals surface area contributed by atoms with Crippen LogP contribution in [0.5, 0.6) is 5.75 Å². The molecule has 0 fully saturated rings. The molecule has 4 heteroatoms. The molecule has 1 heterocycles. The van der Waals surface area contributed by atoms with Crippen molar-refractivity contribution in [1.82, 2.24) is 0 Å². The quantitative estimate of drug-likeness (QED) is 0.799. The third kappa shape index (κ3) is 4.06. The van der Waals surface area contributed by atoms with Gasteiger partial charge >= 0.3 is 5.97 Å². The molecular weight excluding hydrogens is 266 g/mol. The summed E-state index contributed by atoms with van der Waals surface area (Å²) in [6, 6.07) is 7.55. The Balaban J connectivity index is 2.29. The Bertz CT molecular complexity index is 526. The summed E-state index contributed by atoms with van der Waals surface area (Å²) in [4.78, 5) is 17.1. The number of hydrogen-bond donors (Lipinski definition) is 0. The Labute approximate surface area is 126 Å². The molecule has 0 aliphatic carbocycles. The number of nitrogens with zero attached hydrogens (tertiary/aromatic N) is 1. The van der Waals surface area contributed by atoms with E-state index in [-0.39, 0.29) is 5.97 Å². The number of hydrogen-bond acceptors (Lipinski definition) is 4. The number of rotatable bonds is 4. The largest absolute Gasteiger partial charge is 0.497 e. The first-order chi connectivity index (χ1) is 9.90. The second-order valence-corrected chi connectivity index (χ2v) is 6.22. The van der Waals surface area contributed by atoms with Crippen molar-refractivity contribution >= 4 is 11.7 Å². The highest BCUT2D eigenvalue weighted by atomic mass is 16.6. The number of aliphatic imine (C=N–C) groups is 1. The molecule has 0 amide bonds. The Kier molecular flexibility index (Phi) is 4.66. The van der Waals surface area contributed by atoms with Gasteiger partial charge in [0.05, 0.1) is 7.11 Å². The average molecular weight is 289 g/mol. The van der Waals surface area contributed by atoms with Gasteiger partial charge in [-0.3, -0.25) is 9.79 Å². The molecule has 4 nitrogen and oxygen atoms in total. The van der Waals surface area contributed by atoms with Crippen molar-refractivity contribution in [2.75, 3.05) is 13.7 Å². The first-order valence-electron chi connectivity index (χ1n) is 7.31. The van der Waals surface area contributed by atoms with E-state index in [1.54, 1.807) is 7.11 Å². The van der Waals surface area contributed by atoms with Gasteiger partial charge in [-0.05, 0) is 51.3 Å². The van der Waals surface area contributed by atoms with Gasteiger partial charge in [0.2, 0.25) is 0 Å². The third-order valence-corrected chi connectivity index (χ3v) is 3.33. The highest BCUT2D eigenvalue weighted by Crippen LogP contribution is 2.28. The Hall–Kier alpha value is -1.84. The SMILES string of the molecule is COc1ccc(C(C(=O)OC(C)(C)C)C2=NCCC2)cc1. The van der Waals surface area contributed by atoms with Crippen LogP contribution in [0.4, 0.5) is 0 Å². The molecular formula is C17H23NO3. The lowest BCUT2D eigenvalue weighted by Gasteiger charge is -2.24. The lowest BCUT2D eigenvalue weighted by Crippen LogP contribution is -2.31. The van der Waals surface area contributed by atoms with E-state index in [0.717, 1.165) is 36.4 Å². The smallest absolute Gasteiger partial charge is 0.319 e. The molecule has 0 N–H and O–H groups in total. The number of methoxy groups -OCH3 is 1. The third-order valence-electron chi connectivity index (χ3n) is 3.33. The molecule has 1 atom stereocenters. The van der Waals surface area contributed by atoms with E-state index in [9.17, 15) is 4.79 Å². The maximum Gasteiger partial charge on any atom is 0.319 e. The monoisotopic (exact) mass is 289 g/mol. The van der Waals surface area contributed by atoms with Gasteiger partial charge in [0, 0.05) is 12.3 Å². The minimum Gasteiger partial charge on any atom is -0.497 e. The van der Waals surface area contributed by atoms with Crippen molar-refractivity contribution in [2.45, 2.75) is 45.1 Å². The van der Waals surface area contributed by atoms with Gasteiger partial charge in [0.1, 0.15) is 17.3 Å². The number of carbonyl (C=O) groups is 1. The van der Waals surface area contributed by atoms with Crippen LogP contribution in [0.15, 0.2) is 29.3 Å². The van der Waals surface area contributed by atoms with E-state index in [0.29, 0.717) is 0 Å². The Morgan fingerprint density at radius 3 is 2.38 bits per heavy atom. The first-order valence-corrected chi connectivity index (χ1v) is 7.31. The summed E-state index contributed by atoms with van der Waals surface area (Å²) < 4.78 is 10.7. The second-order valence-electron chi connectivity index (χ2n) is 6.22. The van der Waals surface area contributed by atoms with Crippen LogP contribution < -0.4 is 4.74 Å². The summed E-state index contributed by atoms with van der Waals surface area (Å²) in [6.07, 6.45) is 1.86. The lowest BCUT2D eigenvalue weighted by atomic mass is 9.92. The van der Waals surface area contributed by atoms with Gasteiger partial charge < -0.3 is 9.47 Å². The van der Waals surface area contributed by atoms with Gasteiger partial charge in [0.25, 0.3) is 0 Å². The maximum atomic E-state index is 12.6. The van der Waals surface area contributed by atoms with Crippen LogP contribution in [0.2, 0.25) is 0 Å². The van der Waals surface area contributed by atoms with Crippen LogP contribution in [0.25, 0.3) is 0 Å². The zero-order valence-corrected chi connectivity index (χ0v) is 13.2. The molecule has 21 heavy (non-hydrogen) atoms. The van der Waals surface area contributed by atoms with Crippen LogP contribution in [0, 0.1) is 0 Å². The molecule has 114 valence electrons. The molecule has 0 aromatic heterocycles. The minimum absolute atomic E-state index is 0.228. The van der Waals surface area contributed by atoms with Gasteiger partial charge in [0.15, 0.2) is 0 Å². The van der Waals surface area contributed by atoms with Crippen LogP contribution in [-0.4, -0.2) is 30.9 Å². The van der Waals surface area contributed by atoms with Gasteiger partial charge in [-0.1, -0.05) is 12.1 Å². The fourth-order valence-corrected chi connectivity index (χ4v) is 2.42. The van der Waals surface area contributed by atoms with Gasteiger partial charge in [-0.25, -0.2) is 0 Å². The summed E-state index contributed by atoms with van der Waals surface area (Å²) in [5.41, 5.74) is 1.33. The van der Waals surface area contributed by atoms with E-state index in [4.69, 9.17) is 9.47 Å². The molecule has 0 radical (unpaired) electrons. The van der Waals surface area contributed by atoms with Crippen LogP contribution in [-0.2, 0) is 9.53 Å². The summed E-state index contributed by atoms with van der Waals surface area (Å²) >= 11 is 0. The molecule has 1 aromatic rings. The summed E-state index contributed by atoms with van der Waals surface area (Å²) in [5, 5.41) is 0. The standard InChI is InChI=1S/C17H23NO3/c1-17(2,3)21-16(19)15(14-6-5-11-18-14)12-7-9-13(20-4)10-8-12/h7-10,15H,5-6,11H2,1-4H3. The summed E-state index contributed by atoms with van der Waals surface area (Å²) in [6.45, 7) is 6.44. The molecule has 0 spiro atoms. The maximum absolute atomic E-state index is 12.6. The molecule has 0 saturated carbocycles. The molecule has 0 saturated heterocycles. The summed E-state index contributed by atoms with van der Waals surface area (Å²) in [7, 11) is 1.63. The van der Waals surface area contributed by atoms with E-state index in [1.807, 2.05) is 45.0 Å². The molecule has 1 aliphatic rings. The van der Waals surface area contributed by atoms with Crippen molar-refractivity contribution < 1.29 is 14.3 Å². The predicted octanol–water partition coefficient (Wildman–Crippen LogP) is 3.36. The van der Waals surface area contributed by atoms with E-state index >= 15 is 0 Å². The minimum atomic E-state index is -0.499. The topological polar surface area (TPSA) is 47.9 Å². The molecule has 1 aromatic carbocycles. The highest BCUT2D eigenvalue weighted by molar-refractivity contribution is 6.08. The number of carbonyl (C=O) groups excluding carboxylic acids is 1. The number of benzene rings is 1. The van der Waals surface area contributed by atoms with Crippen LogP contribution in [0.3, 0.4) is 0 Å². The number of esters is 1. The van der Waals surface area contributed by atoms with Crippen LogP contribution in [0.1, 0.15) is 45.1 Å². The summed E-state index contributed by atoms with van der Waals surface area (Å²) in [5.74, 6) is 0.140. The zero-order valence-electron chi connectivity index (χ0n) is 13.2. The van der Waals surface area contributed by atoms with E-state index in [2.05, 4.69) is 4.99 Å². The molecule has 1 aliphatic heterocycles. The molecule has 2 rings (SSSR count). The van der Waals surface area contributed by atoms with Crippen LogP contribution >= 0.6 is 0 Å². The van der Waals surface area contributed by atoms with Gasteiger partial charge in [-0.2, -0.15) is 0 Å². The van der Waals surface area contributed by atoms with E-state index in [1.165, 1.54) is 0 Å². The van der Waals surface area contributed by atoms with Crippen molar-refractivity contribution in [3.8, 4) is 5.75 Å². The lowest BCUT2D eigenvalue weighted by molar-refractivity contribution is -0.154.